The highest BCUT2D eigenvalue weighted by Crippen LogP contribution is 2.28. The Labute approximate surface area is 174 Å². The van der Waals surface area contributed by atoms with Crippen LogP contribution in [0.1, 0.15) is 144 Å². The Kier molecular flexibility index (Phi) is 18.0. The number of rotatable bonds is 20. The van der Waals surface area contributed by atoms with Gasteiger partial charge in [-0.1, -0.05) is 98.3 Å². The molecule has 0 bridgehead atoms. The number of hydrogen-bond acceptors (Lipinski definition) is 0. The van der Waals surface area contributed by atoms with Crippen molar-refractivity contribution in [1.82, 2.24) is 0 Å². The Bertz CT molecular complexity index is 287. The van der Waals surface area contributed by atoms with Gasteiger partial charge in [0.25, 0.3) is 0 Å². The average Bonchev–Trinajstić information content (AvgIpc) is 2.66. The van der Waals surface area contributed by atoms with E-state index in [0.29, 0.717) is 0 Å². The maximum absolute atomic E-state index is 2.56. The molecular weight excluding hydrogens is 326 g/mol. The molecule has 0 aromatic carbocycles. The van der Waals surface area contributed by atoms with Crippen molar-refractivity contribution >= 4 is 0 Å². The van der Waals surface area contributed by atoms with E-state index in [0.717, 1.165) is 12.1 Å². The van der Waals surface area contributed by atoms with Crippen LogP contribution in [0.25, 0.3) is 0 Å². The van der Waals surface area contributed by atoms with Gasteiger partial charge in [-0.05, 0) is 46.0 Å². The Hall–Kier alpha value is -0.0400. The Morgan fingerprint density at radius 3 is 1.22 bits per heavy atom. The second-order valence-corrected chi connectivity index (χ2v) is 9.36. The van der Waals surface area contributed by atoms with E-state index in [1.54, 1.807) is 0 Å². The van der Waals surface area contributed by atoms with Gasteiger partial charge in [0.05, 0.1) is 25.2 Å². The molecule has 0 rings (SSSR count). The van der Waals surface area contributed by atoms with E-state index < -0.39 is 0 Å². The van der Waals surface area contributed by atoms with Gasteiger partial charge in [0.2, 0.25) is 0 Å². The van der Waals surface area contributed by atoms with Crippen LogP contribution < -0.4 is 0 Å². The van der Waals surface area contributed by atoms with Gasteiger partial charge >= 0.3 is 0 Å². The van der Waals surface area contributed by atoms with Crippen LogP contribution in [0.2, 0.25) is 0 Å². The van der Waals surface area contributed by atoms with E-state index in [2.05, 4.69) is 41.5 Å². The largest absolute Gasteiger partial charge is 0.319 e. The van der Waals surface area contributed by atoms with Gasteiger partial charge in [-0.3, -0.25) is 0 Å². The smallest absolute Gasteiger partial charge is 0.0863 e. The fourth-order valence-electron chi connectivity index (χ4n) is 5.12. The Morgan fingerprint density at radius 1 is 0.444 bits per heavy atom. The summed E-state index contributed by atoms with van der Waals surface area (Å²) in [5, 5.41) is 0. The summed E-state index contributed by atoms with van der Waals surface area (Å²) in [5.41, 5.74) is 0. The molecule has 2 unspecified atom stereocenters. The monoisotopic (exact) mass is 382 g/mol. The SMILES string of the molecule is CCCCCCCCCCCC[N+](CCCC)(C(C)CCC)C(C)CCC. The topological polar surface area (TPSA) is 0 Å². The molecule has 1 nitrogen and oxygen atoms in total. The highest BCUT2D eigenvalue weighted by atomic mass is 15.4. The molecule has 0 aliphatic heterocycles. The van der Waals surface area contributed by atoms with Crippen molar-refractivity contribution in [3.05, 3.63) is 0 Å². The lowest BCUT2D eigenvalue weighted by Gasteiger charge is -2.49. The standard InChI is InChI=1S/C26H56N/c1-7-11-13-14-15-16-17-18-19-20-24-27(23-12-8-2,25(5)21-9-3)26(6)22-10-4/h25-26H,7-24H2,1-6H3/q+1. The molecule has 0 saturated carbocycles. The summed E-state index contributed by atoms with van der Waals surface area (Å²) < 4.78 is 1.41. The van der Waals surface area contributed by atoms with E-state index in [4.69, 9.17) is 0 Å². The second kappa shape index (κ2) is 18.0. The molecule has 0 saturated heterocycles. The average molecular weight is 383 g/mol. The van der Waals surface area contributed by atoms with Crippen molar-refractivity contribution in [3.63, 3.8) is 0 Å². The molecule has 0 aromatic rings. The summed E-state index contributed by atoms with van der Waals surface area (Å²) in [6.45, 7) is 17.4. The number of hydrogen-bond donors (Lipinski definition) is 0. The van der Waals surface area contributed by atoms with E-state index in [9.17, 15) is 0 Å². The summed E-state index contributed by atoms with van der Waals surface area (Å²) >= 11 is 0. The molecule has 0 aliphatic rings. The zero-order chi connectivity index (χ0) is 20.4. The zero-order valence-electron chi connectivity index (χ0n) is 20.3. The summed E-state index contributed by atoms with van der Waals surface area (Å²) in [6, 6.07) is 1.67. The minimum Gasteiger partial charge on any atom is -0.319 e. The second-order valence-electron chi connectivity index (χ2n) is 9.36. The van der Waals surface area contributed by atoms with Crippen molar-refractivity contribution in [2.75, 3.05) is 13.1 Å². The maximum Gasteiger partial charge on any atom is 0.0863 e. The third-order valence-electron chi connectivity index (χ3n) is 7.02. The molecule has 0 fully saturated rings. The first-order valence-corrected chi connectivity index (χ1v) is 12.9. The summed E-state index contributed by atoms with van der Waals surface area (Å²) in [7, 11) is 0. The van der Waals surface area contributed by atoms with Crippen molar-refractivity contribution in [2.45, 2.75) is 156 Å². The third kappa shape index (κ3) is 11.5. The zero-order valence-corrected chi connectivity index (χ0v) is 20.3. The minimum absolute atomic E-state index is 0.835. The molecule has 0 heterocycles. The molecule has 27 heavy (non-hydrogen) atoms. The first kappa shape index (κ1) is 27.0. The molecular formula is C26H56N+. The van der Waals surface area contributed by atoms with Crippen LogP contribution in [-0.4, -0.2) is 29.7 Å². The van der Waals surface area contributed by atoms with E-state index in [1.165, 1.54) is 120 Å². The lowest BCUT2D eigenvalue weighted by atomic mass is 9.98. The molecule has 0 amide bonds. The molecule has 1 heteroatoms. The predicted octanol–water partition coefficient (Wildman–Crippen LogP) is 8.90. The molecule has 0 spiro atoms. The fraction of sp³-hybridized carbons (Fsp3) is 1.00. The molecule has 0 radical (unpaired) electrons. The fourth-order valence-corrected chi connectivity index (χ4v) is 5.12. The van der Waals surface area contributed by atoms with Gasteiger partial charge in [0, 0.05) is 0 Å². The normalized spacial score (nSPS) is 16.2. The first-order chi connectivity index (χ1) is 13.1. The molecule has 2 atom stereocenters. The lowest BCUT2D eigenvalue weighted by molar-refractivity contribution is -0.971. The van der Waals surface area contributed by atoms with Crippen LogP contribution in [0.4, 0.5) is 0 Å². The van der Waals surface area contributed by atoms with E-state index in [-0.39, 0.29) is 0 Å². The Morgan fingerprint density at radius 2 is 0.815 bits per heavy atom. The molecule has 0 aromatic heterocycles. The Balaban J connectivity index is 4.44. The van der Waals surface area contributed by atoms with Crippen LogP contribution in [0, 0.1) is 0 Å². The lowest BCUT2D eigenvalue weighted by Crippen LogP contribution is -2.60. The van der Waals surface area contributed by atoms with E-state index in [1.807, 2.05) is 0 Å². The van der Waals surface area contributed by atoms with Gasteiger partial charge in [0.15, 0.2) is 0 Å². The van der Waals surface area contributed by atoms with Crippen LogP contribution in [-0.2, 0) is 0 Å². The third-order valence-corrected chi connectivity index (χ3v) is 7.02. The van der Waals surface area contributed by atoms with Crippen LogP contribution in [0.3, 0.4) is 0 Å². The molecule has 0 N–H and O–H groups in total. The predicted molar refractivity (Wildman–Crippen MR) is 125 cm³/mol. The number of quaternary nitrogens is 1. The highest BCUT2D eigenvalue weighted by molar-refractivity contribution is 4.63. The molecule has 0 aliphatic carbocycles. The van der Waals surface area contributed by atoms with Crippen molar-refractivity contribution in [1.29, 1.82) is 0 Å². The number of nitrogens with zero attached hydrogens (tertiary/aromatic N) is 1. The number of unbranched alkanes of at least 4 members (excludes halogenated alkanes) is 10. The van der Waals surface area contributed by atoms with E-state index >= 15 is 0 Å². The van der Waals surface area contributed by atoms with Gasteiger partial charge in [-0.2, -0.15) is 0 Å². The highest BCUT2D eigenvalue weighted by Gasteiger charge is 2.37. The van der Waals surface area contributed by atoms with Crippen LogP contribution >= 0.6 is 0 Å². The summed E-state index contributed by atoms with van der Waals surface area (Å²) in [5.74, 6) is 0. The van der Waals surface area contributed by atoms with Gasteiger partial charge < -0.3 is 4.48 Å². The maximum atomic E-state index is 2.56. The van der Waals surface area contributed by atoms with Crippen molar-refractivity contribution < 1.29 is 4.48 Å². The van der Waals surface area contributed by atoms with Gasteiger partial charge in [-0.25, -0.2) is 0 Å². The quantitative estimate of drug-likeness (QED) is 0.146. The minimum atomic E-state index is 0.835. The molecule has 164 valence electrons. The van der Waals surface area contributed by atoms with Gasteiger partial charge in [-0.15, -0.1) is 0 Å². The first-order valence-electron chi connectivity index (χ1n) is 12.9. The van der Waals surface area contributed by atoms with Gasteiger partial charge in [0.1, 0.15) is 0 Å². The van der Waals surface area contributed by atoms with Crippen molar-refractivity contribution in [2.24, 2.45) is 0 Å². The summed E-state index contributed by atoms with van der Waals surface area (Å²) in [6.07, 6.45) is 22.7. The van der Waals surface area contributed by atoms with Crippen LogP contribution in [0.5, 0.6) is 0 Å². The summed E-state index contributed by atoms with van der Waals surface area (Å²) in [4.78, 5) is 0. The van der Waals surface area contributed by atoms with Crippen molar-refractivity contribution in [3.8, 4) is 0 Å². The van der Waals surface area contributed by atoms with Crippen LogP contribution in [0.15, 0.2) is 0 Å².